The van der Waals surface area contributed by atoms with Crippen LogP contribution < -0.4 is 4.74 Å². The maximum absolute atomic E-state index is 13.1. The minimum atomic E-state index is -4.41. The average Bonchev–Trinajstić information content (AvgIpc) is 3.09. The molecule has 0 saturated heterocycles. The number of H-pyrrole nitrogens is 1. The Morgan fingerprint density at radius 3 is 2.48 bits per heavy atom. The fourth-order valence-corrected chi connectivity index (χ4v) is 4.16. The number of benzene rings is 2. The molecule has 0 fully saturated rings. The number of halogens is 3. The molecule has 31 heavy (non-hydrogen) atoms. The lowest BCUT2D eigenvalue weighted by molar-refractivity contribution is -0.137. The molecule has 1 aliphatic heterocycles. The first-order chi connectivity index (χ1) is 14.7. The van der Waals surface area contributed by atoms with Crippen molar-refractivity contribution in [2.24, 2.45) is 0 Å². The number of hydrogen-bond donors (Lipinski definition) is 1. The molecule has 1 N–H and O–H groups in total. The third-order valence-electron chi connectivity index (χ3n) is 5.58. The number of aromatic nitrogens is 1. The summed E-state index contributed by atoms with van der Waals surface area (Å²) in [4.78, 5) is 18.1. The van der Waals surface area contributed by atoms with Gasteiger partial charge < -0.3 is 14.6 Å². The van der Waals surface area contributed by atoms with E-state index in [1.54, 1.807) is 18.1 Å². The molecule has 7 heteroatoms. The van der Waals surface area contributed by atoms with Crippen LogP contribution in [0.5, 0.6) is 5.75 Å². The molecule has 1 unspecified atom stereocenters. The Morgan fingerprint density at radius 2 is 1.87 bits per heavy atom. The molecule has 1 atom stereocenters. The molecule has 0 spiro atoms. The minimum Gasteiger partial charge on any atom is -0.497 e. The second-order valence-electron chi connectivity index (χ2n) is 7.95. The smallest absolute Gasteiger partial charge is 0.416 e. The topological polar surface area (TPSA) is 45.3 Å². The number of ether oxygens (including phenoxy) is 1. The maximum atomic E-state index is 13.1. The van der Waals surface area contributed by atoms with Crippen molar-refractivity contribution in [3.8, 4) is 5.75 Å². The summed E-state index contributed by atoms with van der Waals surface area (Å²) < 4.78 is 44.6. The van der Waals surface area contributed by atoms with Crippen LogP contribution in [0.15, 0.2) is 54.1 Å². The fourth-order valence-electron chi connectivity index (χ4n) is 4.16. The van der Waals surface area contributed by atoms with Crippen LogP contribution in [0, 0.1) is 0 Å². The molecule has 162 valence electrons. The molecular formula is C24H23F3N2O2. The SMILES string of the molecule is COc1ccc2[nH]c3c(c2c1)CCN(C(=O)C=C(C)C)C3c1ccc(C(F)(F)F)cc1. The number of rotatable bonds is 3. The van der Waals surface area contributed by atoms with Gasteiger partial charge in [0.1, 0.15) is 5.75 Å². The number of nitrogens with zero attached hydrogens (tertiary/aromatic N) is 1. The van der Waals surface area contributed by atoms with Crippen LogP contribution in [0.4, 0.5) is 13.2 Å². The third kappa shape index (κ3) is 3.92. The van der Waals surface area contributed by atoms with Gasteiger partial charge in [-0.25, -0.2) is 0 Å². The lowest BCUT2D eigenvalue weighted by Crippen LogP contribution is -2.39. The number of amides is 1. The van der Waals surface area contributed by atoms with Crippen molar-refractivity contribution < 1.29 is 22.7 Å². The van der Waals surface area contributed by atoms with E-state index in [0.29, 0.717) is 18.5 Å². The van der Waals surface area contributed by atoms with E-state index < -0.39 is 17.8 Å². The molecule has 1 aromatic heterocycles. The first-order valence-electron chi connectivity index (χ1n) is 10.00. The van der Waals surface area contributed by atoms with Gasteiger partial charge in [0.05, 0.1) is 18.7 Å². The summed E-state index contributed by atoms with van der Waals surface area (Å²) in [6.45, 7) is 4.15. The van der Waals surface area contributed by atoms with E-state index in [1.807, 2.05) is 32.0 Å². The monoisotopic (exact) mass is 428 g/mol. The van der Waals surface area contributed by atoms with E-state index in [4.69, 9.17) is 4.74 Å². The van der Waals surface area contributed by atoms with Crippen LogP contribution in [0.3, 0.4) is 0 Å². The Kier molecular flexibility index (Phi) is 5.29. The highest BCUT2D eigenvalue weighted by molar-refractivity contribution is 5.91. The van der Waals surface area contributed by atoms with Gasteiger partial charge in [-0.15, -0.1) is 0 Å². The summed E-state index contributed by atoms with van der Waals surface area (Å²) >= 11 is 0. The molecule has 3 aromatic rings. The zero-order chi connectivity index (χ0) is 22.3. The number of methoxy groups -OCH3 is 1. The van der Waals surface area contributed by atoms with Crippen molar-refractivity contribution in [1.82, 2.24) is 9.88 Å². The lowest BCUT2D eigenvalue weighted by atomic mass is 9.91. The number of hydrogen-bond acceptors (Lipinski definition) is 2. The van der Waals surface area contributed by atoms with E-state index in [2.05, 4.69) is 4.98 Å². The van der Waals surface area contributed by atoms with Gasteiger partial charge in [0.2, 0.25) is 5.91 Å². The molecular weight excluding hydrogens is 405 g/mol. The van der Waals surface area contributed by atoms with Crippen LogP contribution in [0.25, 0.3) is 10.9 Å². The molecule has 0 radical (unpaired) electrons. The highest BCUT2D eigenvalue weighted by Crippen LogP contribution is 2.40. The summed E-state index contributed by atoms with van der Waals surface area (Å²) in [7, 11) is 1.60. The molecule has 2 aromatic carbocycles. The third-order valence-corrected chi connectivity index (χ3v) is 5.58. The Bertz CT molecular complexity index is 1160. The number of fused-ring (bicyclic) bond motifs is 3. The van der Waals surface area contributed by atoms with Gasteiger partial charge >= 0.3 is 6.18 Å². The molecule has 4 rings (SSSR count). The van der Waals surface area contributed by atoms with Crippen molar-refractivity contribution in [2.75, 3.05) is 13.7 Å². The summed E-state index contributed by atoms with van der Waals surface area (Å²) in [5, 5.41) is 1.00. The summed E-state index contributed by atoms with van der Waals surface area (Å²) in [5.41, 5.74) is 3.56. The van der Waals surface area contributed by atoms with E-state index in [0.717, 1.165) is 45.6 Å². The second-order valence-corrected chi connectivity index (χ2v) is 7.95. The largest absolute Gasteiger partial charge is 0.497 e. The van der Waals surface area contributed by atoms with Gasteiger partial charge in [0.25, 0.3) is 0 Å². The first-order valence-corrected chi connectivity index (χ1v) is 10.00. The van der Waals surface area contributed by atoms with Crippen LogP contribution in [0.1, 0.15) is 42.3 Å². The number of aromatic amines is 1. The Hall–Kier alpha value is -3.22. The predicted octanol–water partition coefficient (Wildman–Crippen LogP) is 5.64. The quantitative estimate of drug-likeness (QED) is 0.549. The summed E-state index contributed by atoms with van der Waals surface area (Å²) in [6, 6.07) is 10.3. The van der Waals surface area contributed by atoms with Crippen LogP contribution in [-0.4, -0.2) is 29.4 Å². The lowest BCUT2D eigenvalue weighted by Gasteiger charge is -2.36. The van der Waals surface area contributed by atoms with Crippen molar-refractivity contribution in [3.05, 3.63) is 76.5 Å². The zero-order valence-electron chi connectivity index (χ0n) is 17.5. The number of alkyl halides is 3. The van der Waals surface area contributed by atoms with Crippen LogP contribution >= 0.6 is 0 Å². The van der Waals surface area contributed by atoms with Crippen molar-refractivity contribution in [1.29, 1.82) is 0 Å². The van der Waals surface area contributed by atoms with Crippen LogP contribution in [0.2, 0.25) is 0 Å². The number of carbonyl (C=O) groups excluding carboxylic acids is 1. The fraction of sp³-hybridized carbons (Fsp3) is 0.292. The average molecular weight is 428 g/mol. The number of nitrogens with one attached hydrogen (secondary N) is 1. The molecule has 0 aliphatic carbocycles. The number of carbonyl (C=O) groups is 1. The highest BCUT2D eigenvalue weighted by Gasteiger charge is 2.35. The van der Waals surface area contributed by atoms with E-state index in [9.17, 15) is 18.0 Å². The predicted molar refractivity (Wildman–Crippen MR) is 113 cm³/mol. The maximum Gasteiger partial charge on any atom is 0.416 e. The van der Waals surface area contributed by atoms with Crippen molar-refractivity contribution in [2.45, 2.75) is 32.5 Å². The molecule has 0 bridgehead atoms. The van der Waals surface area contributed by atoms with E-state index >= 15 is 0 Å². The first kappa shape index (κ1) is 21.0. The molecule has 1 amide bonds. The summed E-state index contributed by atoms with van der Waals surface area (Å²) in [5.74, 6) is 0.565. The minimum absolute atomic E-state index is 0.160. The highest BCUT2D eigenvalue weighted by atomic mass is 19.4. The standard InChI is InChI=1S/C24H23F3N2O2/c1-14(2)12-21(30)29-11-10-18-19-13-17(31-3)8-9-20(19)28-22(18)23(29)15-4-6-16(7-5-15)24(25,26)27/h4-9,12-13,23,28H,10-11H2,1-3H3. The normalized spacial score (nSPS) is 16.2. The van der Waals surface area contributed by atoms with Gasteiger partial charge in [-0.2, -0.15) is 13.2 Å². The molecule has 4 nitrogen and oxygen atoms in total. The molecule has 0 saturated carbocycles. The Balaban J connectivity index is 1.86. The molecule has 2 heterocycles. The van der Waals surface area contributed by atoms with Crippen molar-refractivity contribution >= 4 is 16.8 Å². The van der Waals surface area contributed by atoms with E-state index in [-0.39, 0.29) is 5.91 Å². The van der Waals surface area contributed by atoms with Crippen molar-refractivity contribution in [3.63, 3.8) is 0 Å². The van der Waals surface area contributed by atoms with E-state index in [1.165, 1.54) is 12.1 Å². The van der Waals surface area contributed by atoms with Gasteiger partial charge in [0, 0.05) is 29.2 Å². The Morgan fingerprint density at radius 1 is 1.16 bits per heavy atom. The van der Waals surface area contributed by atoms with Gasteiger partial charge in [-0.3, -0.25) is 4.79 Å². The van der Waals surface area contributed by atoms with Gasteiger partial charge in [0.15, 0.2) is 0 Å². The zero-order valence-corrected chi connectivity index (χ0v) is 17.5. The van der Waals surface area contributed by atoms with Gasteiger partial charge in [-0.05, 0) is 61.7 Å². The number of allylic oxidation sites excluding steroid dienone is 1. The van der Waals surface area contributed by atoms with Crippen LogP contribution in [-0.2, 0) is 17.4 Å². The second kappa shape index (κ2) is 7.80. The molecule has 1 aliphatic rings. The summed E-state index contributed by atoms with van der Waals surface area (Å²) in [6.07, 6.45) is -2.21. The Labute approximate surface area is 178 Å². The van der Waals surface area contributed by atoms with Gasteiger partial charge in [-0.1, -0.05) is 17.7 Å².